The lowest BCUT2D eigenvalue weighted by Crippen LogP contribution is -2.48. The number of benzene rings is 3. The van der Waals surface area contributed by atoms with Gasteiger partial charge in [-0.05, 0) is 72.8 Å². The Bertz CT molecular complexity index is 1680. The zero-order valence-corrected chi connectivity index (χ0v) is 22.8. The molecule has 2 unspecified atom stereocenters. The fraction of sp³-hybridized carbons (Fsp3) is 0.125. The minimum absolute atomic E-state index is 0.0517. The highest BCUT2D eigenvalue weighted by atomic mass is 19.1. The van der Waals surface area contributed by atoms with Crippen molar-refractivity contribution in [3.8, 4) is 28.5 Å². The van der Waals surface area contributed by atoms with E-state index in [1.54, 1.807) is 48.7 Å². The second-order valence-corrected chi connectivity index (χ2v) is 9.57. The third kappa shape index (κ3) is 7.21. The number of aromatic hydroxyl groups is 1. The first-order chi connectivity index (χ1) is 20.9. The lowest BCUT2D eigenvalue weighted by atomic mass is 9.91. The molecule has 0 spiro atoms. The number of hydrogen-bond acceptors (Lipinski definition) is 7. The van der Waals surface area contributed by atoms with Crippen LogP contribution in [0.4, 0.5) is 4.39 Å². The van der Waals surface area contributed by atoms with Gasteiger partial charge < -0.3 is 30.6 Å². The number of halogens is 1. The molecule has 0 bridgehead atoms. The average Bonchev–Trinajstić information content (AvgIpc) is 3.56. The molecule has 5 rings (SSSR count). The summed E-state index contributed by atoms with van der Waals surface area (Å²) in [5.41, 5.74) is 2.70. The normalized spacial score (nSPS) is 12.2. The zero-order chi connectivity index (χ0) is 30.2. The van der Waals surface area contributed by atoms with E-state index in [2.05, 4.69) is 20.6 Å². The van der Waals surface area contributed by atoms with Crippen LogP contribution in [0, 0.1) is 5.82 Å². The maximum atomic E-state index is 13.2. The van der Waals surface area contributed by atoms with E-state index in [0.717, 1.165) is 5.56 Å². The SMILES string of the molecule is O=C(CO)NC(CNC(=O)c1ccccc1O)C(c1cccc(-c2ccc(Oc3ccc(F)cc3)cc2)n1)c1cnc[nH]1. The number of H-pyrrole nitrogens is 1. The van der Waals surface area contributed by atoms with Crippen LogP contribution in [-0.4, -0.2) is 56.2 Å². The number of ether oxygens (including phenoxy) is 1. The Balaban J connectivity index is 1.42. The maximum absolute atomic E-state index is 13.2. The Morgan fingerprint density at radius 3 is 2.33 bits per heavy atom. The van der Waals surface area contributed by atoms with E-state index < -0.39 is 30.4 Å². The molecule has 43 heavy (non-hydrogen) atoms. The number of hydrogen-bond donors (Lipinski definition) is 5. The number of carbonyl (C=O) groups excluding carboxylic acids is 2. The number of amides is 2. The minimum atomic E-state index is -0.760. The fourth-order valence-corrected chi connectivity index (χ4v) is 4.60. The van der Waals surface area contributed by atoms with Crippen LogP contribution in [0.2, 0.25) is 0 Å². The average molecular weight is 582 g/mol. The first-order valence-corrected chi connectivity index (χ1v) is 13.4. The molecule has 2 amide bonds. The molecule has 2 heterocycles. The number of aromatic nitrogens is 3. The monoisotopic (exact) mass is 581 g/mol. The van der Waals surface area contributed by atoms with Crippen LogP contribution < -0.4 is 15.4 Å². The Morgan fingerprint density at radius 1 is 0.930 bits per heavy atom. The standard InChI is InChI=1S/C32H28FN5O5/c33-21-10-14-23(15-11-21)43-22-12-8-20(9-13-22)25-5-3-6-26(37-25)31(27-16-34-19-36-27)28(38-30(41)18-39)17-35-32(42)24-4-1-2-7-29(24)40/h1-16,19,28,31,39-40H,17-18H2,(H,34,36)(H,35,42)(H,38,41). The summed E-state index contributed by atoms with van der Waals surface area (Å²) >= 11 is 0. The maximum Gasteiger partial charge on any atom is 0.255 e. The van der Waals surface area contributed by atoms with E-state index in [1.807, 2.05) is 24.3 Å². The van der Waals surface area contributed by atoms with E-state index in [4.69, 9.17) is 9.72 Å². The number of aliphatic hydroxyl groups excluding tert-OH is 1. The molecule has 2 aromatic heterocycles. The second-order valence-electron chi connectivity index (χ2n) is 9.57. The summed E-state index contributed by atoms with van der Waals surface area (Å²) < 4.78 is 19.0. The van der Waals surface area contributed by atoms with Crippen molar-refractivity contribution in [2.45, 2.75) is 12.0 Å². The van der Waals surface area contributed by atoms with Crippen molar-refractivity contribution in [2.24, 2.45) is 0 Å². The van der Waals surface area contributed by atoms with E-state index in [0.29, 0.717) is 28.6 Å². The van der Waals surface area contributed by atoms with Gasteiger partial charge in [0.05, 0.1) is 35.2 Å². The number of aliphatic hydroxyl groups is 1. The molecule has 0 saturated heterocycles. The Labute approximate surface area is 246 Å². The van der Waals surface area contributed by atoms with Crippen molar-refractivity contribution in [3.63, 3.8) is 0 Å². The highest BCUT2D eigenvalue weighted by Crippen LogP contribution is 2.29. The fourth-order valence-electron chi connectivity index (χ4n) is 4.60. The molecule has 0 aliphatic heterocycles. The van der Waals surface area contributed by atoms with Crippen molar-refractivity contribution in [3.05, 3.63) is 126 Å². The van der Waals surface area contributed by atoms with Crippen LogP contribution >= 0.6 is 0 Å². The van der Waals surface area contributed by atoms with Gasteiger partial charge in [-0.3, -0.25) is 14.6 Å². The number of aromatic amines is 1. The van der Waals surface area contributed by atoms with E-state index in [1.165, 1.54) is 30.6 Å². The number of para-hydroxylation sites is 1. The molecule has 0 radical (unpaired) electrons. The Kier molecular flexibility index (Phi) is 9.03. The lowest BCUT2D eigenvalue weighted by molar-refractivity contribution is -0.124. The molecule has 10 nitrogen and oxygen atoms in total. The molecule has 0 aliphatic carbocycles. The van der Waals surface area contributed by atoms with Crippen molar-refractivity contribution in [1.29, 1.82) is 0 Å². The smallest absolute Gasteiger partial charge is 0.255 e. The van der Waals surface area contributed by atoms with Crippen LogP contribution in [-0.2, 0) is 4.79 Å². The molecule has 0 fully saturated rings. The summed E-state index contributed by atoms with van der Waals surface area (Å²) in [5.74, 6) is -1.24. The van der Waals surface area contributed by atoms with Gasteiger partial charge in [0, 0.05) is 24.0 Å². The van der Waals surface area contributed by atoms with Crippen LogP contribution in [0.3, 0.4) is 0 Å². The molecule has 5 aromatic rings. The lowest BCUT2D eigenvalue weighted by Gasteiger charge is -2.27. The number of carbonyl (C=O) groups is 2. The van der Waals surface area contributed by atoms with Crippen LogP contribution in [0.5, 0.6) is 17.2 Å². The van der Waals surface area contributed by atoms with Gasteiger partial charge in [0.15, 0.2) is 0 Å². The van der Waals surface area contributed by atoms with Gasteiger partial charge in [-0.25, -0.2) is 9.37 Å². The first-order valence-electron chi connectivity index (χ1n) is 13.4. The molecule has 218 valence electrons. The van der Waals surface area contributed by atoms with Gasteiger partial charge in [-0.1, -0.05) is 18.2 Å². The van der Waals surface area contributed by atoms with Gasteiger partial charge >= 0.3 is 0 Å². The molecule has 2 atom stereocenters. The van der Waals surface area contributed by atoms with Gasteiger partial charge in [-0.2, -0.15) is 0 Å². The number of imidazole rings is 1. The highest BCUT2D eigenvalue weighted by molar-refractivity contribution is 5.96. The third-order valence-electron chi connectivity index (χ3n) is 6.67. The van der Waals surface area contributed by atoms with Crippen molar-refractivity contribution in [2.75, 3.05) is 13.2 Å². The predicted octanol–water partition coefficient (Wildman–Crippen LogP) is 4.15. The zero-order valence-electron chi connectivity index (χ0n) is 22.8. The van der Waals surface area contributed by atoms with E-state index in [-0.39, 0.29) is 23.7 Å². The predicted molar refractivity (Wildman–Crippen MR) is 156 cm³/mol. The van der Waals surface area contributed by atoms with Crippen LogP contribution in [0.1, 0.15) is 27.7 Å². The number of phenols is 1. The number of pyridine rings is 1. The summed E-state index contributed by atoms with van der Waals surface area (Å²) in [7, 11) is 0. The molecular weight excluding hydrogens is 553 g/mol. The topological polar surface area (TPSA) is 149 Å². The van der Waals surface area contributed by atoms with Crippen molar-refractivity contribution >= 4 is 11.8 Å². The number of nitrogens with zero attached hydrogens (tertiary/aromatic N) is 2. The second kappa shape index (κ2) is 13.4. The summed E-state index contributed by atoms with van der Waals surface area (Å²) in [6.45, 7) is -0.802. The Hall–Kier alpha value is -5.55. The minimum Gasteiger partial charge on any atom is -0.507 e. The first kappa shape index (κ1) is 29.0. The summed E-state index contributed by atoms with van der Waals surface area (Å²) in [6, 6.07) is 23.8. The van der Waals surface area contributed by atoms with Gasteiger partial charge in [0.1, 0.15) is 29.7 Å². The highest BCUT2D eigenvalue weighted by Gasteiger charge is 2.30. The molecule has 3 aromatic carbocycles. The van der Waals surface area contributed by atoms with Crippen molar-refractivity contribution in [1.82, 2.24) is 25.6 Å². The Morgan fingerprint density at radius 2 is 1.65 bits per heavy atom. The summed E-state index contributed by atoms with van der Waals surface area (Å²) in [6.07, 6.45) is 3.10. The van der Waals surface area contributed by atoms with Gasteiger partial charge in [0.25, 0.3) is 5.91 Å². The quantitative estimate of drug-likeness (QED) is 0.157. The molecule has 0 saturated carbocycles. The van der Waals surface area contributed by atoms with Crippen molar-refractivity contribution < 1.29 is 28.9 Å². The molecular formula is C32H28FN5O5. The number of rotatable bonds is 11. The summed E-state index contributed by atoms with van der Waals surface area (Å²) in [4.78, 5) is 37.3. The van der Waals surface area contributed by atoms with Gasteiger partial charge in [-0.15, -0.1) is 0 Å². The van der Waals surface area contributed by atoms with Crippen LogP contribution in [0.15, 0.2) is 104 Å². The molecule has 5 N–H and O–H groups in total. The largest absolute Gasteiger partial charge is 0.507 e. The van der Waals surface area contributed by atoms with Gasteiger partial charge in [0.2, 0.25) is 5.91 Å². The number of nitrogens with one attached hydrogen (secondary N) is 3. The molecule has 0 aliphatic rings. The van der Waals surface area contributed by atoms with E-state index >= 15 is 0 Å². The number of phenolic OH excluding ortho intramolecular Hbond substituents is 1. The summed E-state index contributed by atoms with van der Waals surface area (Å²) in [5, 5.41) is 25.1. The third-order valence-corrected chi connectivity index (χ3v) is 6.67. The van der Waals surface area contributed by atoms with E-state index in [9.17, 15) is 24.2 Å². The van der Waals surface area contributed by atoms with Crippen LogP contribution in [0.25, 0.3) is 11.3 Å². The molecule has 11 heteroatoms.